The molecule has 0 radical (unpaired) electrons. The molecule has 2 heterocycles. The Bertz CT molecular complexity index is 1280. The number of benzene rings is 1. The average Bonchev–Trinajstić information content (AvgIpc) is 3.53. The maximum Gasteiger partial charge on any atom is 0.423 e. The first-order valence-electron chi connectivity index (χ1n) is 16.5. The molecule has 5 rings (SSSR count). The number of rotatable bonds is 13. The SMILES string of the molecule is O=C(CCC1CCC(CCc2cc(OC3CCC(Nc4ccc([N+](=O)[O-])c(C(F)(F)F)c4)CC3)ccn2)CC1)CC1CCOC1. The van der Waals surface area contributed by atoms with Gasteiger partial charge in [-0.1, -0.05) is 25.7 Å². The number of ketones is 1. The van der Waals surface area contributed by atoms with Crippen LogP contribution in [0.4, 0.5) is 24.5 Å². The monoisotopic (exact) mass is 631 g/mol. The number of pyridine rings is 1. The molecule has 0 amide bonds. The fourth-order valence-corrected chi connectivity index (χ4v) is 7.13. The molecule has 1 saturated heterocycles. The van der Waals surface area contributed by atoms with Crippen LogP contribution >= 0.6 is 0 Å². The summed E-state index contributed by atoms with van der Waals surface area (Å²) in [7, 11) is 0. The van der Waals surface area contributed by atoms with E-state index in [0.29, 0.717) is 49.2 Å². The van der Waals surface area contributed by atoms with Crippen molar-refractivity contribution < 1.29 is 32.4 Å². The predicted molar refractivity (Wildman–Crippen MR) is 164 cm³/mol. The number of ether oxygens (including phenoxy) is 2. The van der Waals surface area contributed by atoms with Crippen LogP contribution in [0.5, 0.6) is 5.75 Å². The van der Waals surface area contributed by atoms with Crippen molar-refractivity contribution in [2.45, 2.75) is 108 Å². The number of nitrogens with zero attached hydrogens (tertiary/aromatic N) is 2. The summed E-state index contributed by atoms with van der Waals surface area (Å²) >= 11 is 0. The Labute approximate surface area is 262 Å². The number of aryl methyl sites for hydroxylation is 1. The van der Waals surface area contributed by atoms with E-state index in [1.807, 2.05) is 12.1 Å². The molecular formula is C34H44F3N3O5. The van der Waals surface area contributed by atoms with Gasteiger partial charge >= 0.3 is 6.18 Å². The number of carbonyl (C=O) groups is 1. The fourth-order valence-electron chi connectivity index (χ4n) is 7.13. The Morgan fingerprint density at radius 2 is 1.71 bits per heavy atom. The summed E-state index contributed by atoms with van der Waals surface area (Å²) in [5.74, 6) is 2.97. The zero-order valence-electron chi connectivity index (χ0n) is 25.7. The summed E-state index contributed by atoms with van der Waals surface area (Å²) < 4.78 is 51.7. The summed E-state index contributed by atoms with van der Waals surface area (Å²) in [6.45, 7) is 1.54. The van der Waals surface area contributed by atoms with Gasteiger partial charge in [-0.25, -0.2) is 0 Å². The first kappa shape index (κ1) is 33.2. The topological polar surface area (TPSA) is 104 Å². The highest BCUT2D eigenvalue weighted by Crippen LogP contribution is 2.38. The Hall–Kier alpha value is -3.21. The zero-order valence-corrected chi connectivity index (χ0v) is 25.7. The Morgan fingerprint density at radius 3 is 2.38 bits per heavy atom. The molecule has 246 valence electrons. The van der Waals surface area contributed by atoms with Crippen molar-refractivity contribution in [2.75, 3.05) is 18.5 Å². The van der Waals surface area contributed by atoms with Gasteiger partial charge in [0, 0.05) is 61.8 Å². The maximum atomic E-state index is 13.3. The zero-order chi connectivity index (χ0) is 31.8. The molecule has 1 atom stereocenters. The lowest BCUT2D eigenvalue weighted by molar-refractivity contribution is -0.388. The minimum absolute atomic E-state index is 0.00885. The molecule has 1 aromatic carbocycles. The van der Waals surface area contributed by atoms with Crippen molar-refractivity contribution in [1.29, 1.82) is 0 Å². The number of nitro benzene ring substituents is 1. The molecule has 3 aliphatic rings. The van der Waals surface area contributed by atoms with Crippen LogP contribution in [0.3, 0.4) is 0 Å². The van der Waals surface area contributed by atoms with Gasteiger partial charge in [0.05, 0.1) is 11.0 Å². The number of anilines is 1. The third-order valence-electron chi connectivity index (χ3n) is 9.78. The molecule has 0 bridgehead atoms. The standard InChI is InChI=1S/C34H44F3N3O5/c35-34(36,37)32-21-28(10-14-33(32)40(42)43)39-26-8-12-30(13-9-26)45-31-15-17-38-27(20-31)7-5-23-1-3-24(4-2-23)6-11-29(41)19-25-16-18-44-22-25/h10,14-15,17,20-21,23-26,30,39H,1-9,11-13,16,18-19,22H2. The van der Waals surface area contributed by atoms with Crippen LogP contribution in [-0.2, 0) is 22.1 Å². The van der Waals surface area contributed by atoms with Gasteiger partial charge in [-0.05, 0) is 87.3 Å². The molecule has 2 aromatic rings. The number of alkyl halides is 3. The summed E-state index contributed by atoms with van der Waals surface area (Å²) in [5.41, 5.74) is -0.944. The number of carbonyl (C=O) groups excluding carboxylic acids is 1. The number of hydrogen-bond acceptors (Lipinski definition) is 7. The molecule has 1 aromatic heterocycles. The maximum absolute atomic E-state index is 13.3. The van der Waals surface area contributed by atoms with Crippen LogP contribution in [0, 0.1) is 27.9 Å². The normalized spacial score (nSPS) is 25.5. The second-order valence-corrected chi connectivity index (χ2v) is 13.1. The highest BCUT2D eigenvalue weighted by Gasteiger charge is 2.38. The molecule has 2 saturated carbocycles. The van der Waals surface area contributed by atoms with Crippen molar-refractivity contribution in [3.05, 3.63) is 57.9 Å². The smallest absolute Gasteiger partial charge is 0.423 e. The summed E-state index contributed by atoms with van der Waals surface area (Å²) in [4.78, 5) is 26.9. The highest BCUT2D eigenvalue weighted by molar-refractivity contribution is 5.78. The van der Waals surface area contributed by atoms with Crippen molar-refractivity contribution in [3.8, 4) is 5.75 Å². The van der Waals surface area contributed by atoms with E-state index in [4.69, 9.17) is 9.47 Å². The van der Waals surface area contributed by atoms with Gasteiger partial charge in [0.1, 0.15) is 17.1 Å². The van der Waals surface area contributed by atoms with Crippen LogP contribution in [0.25, 0.3) is 0 Å². The first-order chi connectivity index (χ1) is 21.6. The van der Waals surface area contributed by atoms with Gasteiger partial charge in [-0.2, -0.15) is 13.2 Å². The third-order valence-corrected chi connectivity index (χ3v) is 9.78. The van der Waals surface area contributed by atoms with Crippen LogP contribution < -0.4 is 10.1 Å². The molecule has 45 heavy (non-hydrogen) atoms. The van der Waals surface area contributed by atoms with Crippen LogP contribution in [0.15, 0.2) is 36.5 Å². The number of nitrogens with one attached hydrogen (secondary N) is 1. The van der Waals surface area contributed by atoms with Crippen LogP contribution in [0.1, 0.15) is 94.7 Å². The van der Waals surface area contributed by atoms with E-state index in [1.54, 1.807) is 6.20 Å². The van der Waals surface area contributed by atoms with Gasteiger partial charge in [0.15, 0.2) is 0 Å². The number of aromatic nitrogens is 1. The number of halogens is 3. The summed E-state index contributed by atoms with van der Waals surface area (Å²) in [6, 6.07) is 6.91. The van der Waals surface area contributed by atoms with Crippen molar-refractivity contribution in [2.24, 2.45) is 17.8 Å². The van der Waals surface area contributed by atoms with E-state index in [1.165, 1.54) is 31.7 Å². The number of Topliss-reactive ketones (excluding diaryl/α,β-unsaturated/α-hetero) is 1. The Kier molecular flexibility index (Phi) is 11.3. The summed E-state index contributed by atoms with van der Waals surface area (Å²) in [5, 5.41) is 14.1. The minimum atomic E-state index is -4.80. The lowest BCUT2D eigenvalue weighted by Crippen LogP contribution is -2.31. The Morgan fingerprint density at radius 1 is 0.978 bits per heavy atom. The van der Waals surface area contributed by atoms with Crippen LogP contribution in [-0.4, -0.2) is 41.1 Å². The van der Waals surface area contributed by atoms with Crippen molar-refractivity contribution in [3.63, 3.8) is 0 Å². The second-order valence-electron chi connectivity index (χ2n) is 13.1. The van der Waals surface area contributed by atoms with Gasteiger partial charge < -0.3 is 14.8 Å². The highest BCUT2D eigenvalue weighted by atomic mass is 19.4. The van der Waals surface area contributed by atoms with Crippen molar-refractivity contribution >= 4 is 17.2 Å². The van der Waals surface area contributed by atoms with E-state index in [2.05, 4.69) is 10.3 Å². The van der Waals surface area contributed by atoms with Crippen molar-refractivity contribution in [1.82, 2.24) is 4.98 Å². The van der Waals surface area contributed by atoms with Gasteiger partial charge in [-0.3, -0.25) is 19.9 Å². The van der Waals surface area contributed by atoms with Crippen LogP contribution in [0.2, 0.25) is 0 Å². The minimum Gasteiger partial charge on any atom is -0.490 e. The number of hydrogen-bond donors (Lipinski definition) is 1. The van der Waals surface area contributed by atoms with E-state index in [9.17, 15) is 28.1 Å². The molecule has 1 unspecified atom stereocenters. The second kappa shape index (κ2) is 15.4. The lowest BCUT2D eigenvalue weighted by Gasteiger charge is -2.30. The third kappa shape index (κ3) is 9.89. The quantitative estimate of drug-likeness (QED) is 0.175. The van der Waals surface area contributed by atoms with E-state index in [0.717, 1.165) is 75.3 Å². The summed E-state index contributed by atoms with van der Waals surface area (Å²) in [6.07, 6.45) is 10.2. The fraction of sp³-hybridized carbons (Fsp3) is 0.647. The predicted octanol–water partition coefficient (Wildman–Crippen LogP) is 8.33. The molecule has 1 N–H and O–H groups in total. The van der Waals surface area contributed by atoms with Gasteiger partial charge in [-0.15, -0.1) is 0 Å². The average molecular weight is 632 g/mol. The number of nitro groups is 1. The molecule has 0 spiro atoms. The largest absolute Gasteiger partial charge is 0.490 e. The first-order valence-corrected chi connectivity index (χ1v) is 16.5. The molecule has 2 aliphatic carbocycles. The van der Waals surface area contributed by atoms with E-state index in [-0.39, 0.29) is 17.8 Å². The molecule has 1 aliphatic heterocycles. The molecule has 8 nitrogen and oxygen atoms in total. The van der Waals surface area contributed by atoms with E-state index < -0.39 is 22.4 Å². The van der Waals surface area contributed by atoms with Gasteiger partial charge in [0.2, 0.25) is 0 Å². The van der Waals surface area contributed by atoms with Gasteiger partial charge in [0.25, 0.3) is 5.69 Å². The Balaban J connectivity index is 1.00. The molecule has 11 heteroatoms. The molecule has 3 fully saturated rings. The van der Waals surface area contributed by atoms with E-state index >= 15 is 0 Å². The lowest BCUT2D eigenvalue weighted by atomic mass is 9.77. The molecular weight excluding hydrogens is 587 g/mol.